The molecular weight excluding hydrogens is 286 g/mol. The second-order valence-corrected chi connectivity index (χ2v) is 8.49. The Hall–Kier alpha value is 0.235. The molecule has 2 N–H and O–H groups in total. The van der Waals surface area contributed by atoms with Gasteiger partial charge in [-0.15, -0.1) is 11.6 Å². The lowest BCUT2D eigenvalue weighted by atomic mass is 9.40. The fraction of sp³-hybridized carbons (Fsp3) is 1.00. The van der Waals surface area contributed by atoms with Gasteiger partial charge in [-0.3, -0.25) is 0 Å². The molecule has 3 saturated carbocycles. The summed E-state index contributed by atoms with van der Waals surface area (Å²) in [7, 11) is -1.03. The summed E-state index contributed by atoms with van der Waals surface area (Å²) >= 11 is 6.39. The van der Waals surface area contributed by atoms with E-state index in [1.807, 2.05) is 13.8 Å². The van der Waals surface area contributed by atoms with Crippen molar-refractivity contribution < 1.29 is 14.8 Å². The van der Waals surface area contributed by atoms with Gasteiger partial charge in [-0.05, 0) is 43.4 Å². The number of aliphatic hydroxyl groups is 1. The van der Waals surface area contributed by atoms with E-state index in [1.54, 1.807) is 0 Å². The number of hydrogen-bond acceptors (Lipinski definition) is 3. The van der Waals surface area contributed by atoms with Crippen molar-refractivity contribution in [2.75, 3.05) is 0 Å². The lowest BCUT2D eigenvalue weighted by Crippen LogP contribution is -2.77. The number of rotatable bonds is 6. The van der Waals surface area contributed by atoms with Crippen molar-refractivity contribution in [2.24, 2.45) is 17.3 Å². The molecule has 0 radical (unpaired) electrons. The molecule has 3 rings (SSSR count). The van der Waals surface area contributed by atoms with E-state index in [9.17, 15) is 10.1 Å². The Morgan fingerprint density at radius 3 is 2.48 bits per heavy atom. The van der Waals surface area contributed by atoms with Gasteiger partial charge in [-0.2, -0.15) is 0 Å². The van der Waals surface area contributed by atoms with Gasteiger partial charge in [0.25, 0.3) is 0 Å². The molecule has 3 aliphatic carbocycles. The molecule has 5 heteroatoms. The first-order chi connectivity index (χ1) is 9.59. The first kappa shape index (κ1) is 17.6. The molecule has 0 aromatic rings. The van der Waals surface area contributed by atoms with Crippen LogP contribution in [0.3, 0.4) is 0 Å². The van der Waals surface area contributed by atoms with Crippen LogP contribution in [0.5, 0.6) is 0 Å². The smallest absolute Gasteiger partial charge is 0.426 e. The molecule has 21 heavy (non-hydrogen) atoms. The maximum atomic E-state index is 10.9. The Balaban J connectivity index is 2.13. The predicted molar refractivity (Wildman–Crippen MR) is 87.2 cm³/mol. The summed E-state index contributed by atoms with van der Waals surface area (Å²) in [5.41, 5.74) is -1.71. The van der Waals surface area contributed by atoms with Crippen LogP contribution in [-0.4, -0.2) is 33.7 Å². The molecule has 0 amide bonds. The van der Waals surface area contributed by atoms with Crippen LogP contribution >= 0.6 is 11.6 Å². The highest BCUT2D eigenvalue weighted by molar-refractivity contribution is 6.58. The normalized spacial score (nSPS) is 40.3. The Morgan fingerprint density at radius 2 is 2.00 bits per heavy atom. The van der Waals surface area contributed by atoms with Crippen LogP contribution in [0.15, 0.2) is 0 Å². The lowest BCUT2D eigenvalue weighted by molar-refractivity contribution is -0.304. The van der Waals surface area contributed by atoms with E-state index < -0.39 is 23.6 Å². The summed E-state index contributed by atoms with van der Waals surface area (Å²) < 4.78 is 6.08. The number of fused-ring (bicyclic) bond motifs is 2. The minimum atomic E-state index is -1.03. The first-order valence-corrected chi connectivity index (χ1v) is 8.75. The van der Waals surface area contributed by atoms with Crippen molar-refractivity contribution in [3.05, 3.63) is 0 Å². The quantitative estimate of drug-likeness (QED) is 0.583. The molecule has 0 heterocycles. The van der Waals surface area contributed by atoms with E-state index >= 15 is 0 Å². The van der Waals surface area contributed by atoms with Crippen LogP contribution in [0, 0.1) is 17.3 Å². The lowest BCUT2D eigenvalue weighted by Gasteiger charge is -2.71. The zero-order valence-electron chi connectivity index (χ0n) is 14.0. The molecule has 3 unspecified atom stereocenters. The maximum Gasteiger partial charge on any atom is 0.474 e. The zero-order valence-corrected chi connectivity index (χ0v) is 14.8. The van der Waals surface area contributed by atoms with Crippen molar-refractivity contribution >= 4 is 18.7 Å². The third-order valence-electron chi connectivity index (χ3n) is 6.33. The maximum absolute atomic E-state index is 10.9. The average molecular weight is 317 g/mol. The van der Waals surface area contributed by atoms with Crippen molar-refractivity contribution in [2.45, 2.75) is 83.2 Å². The second kappa shape index (κ2) is 5.70. The minimum absolute atomic E-state index is 0.125. The van der Waals surface area contributed by atoms with Crippen LogP contribution in [0.1, 0.15) is 66.7 Å². The zero-order chi connectivity index (χ0) is 16.1. The van der Waals surface area contributed by atoms with E-state index in [4.69, 9.17) is 16.3 Å². The molecule has 0 aliphatic heterocycles. The Morgan fingerprint density at radius 1 is 1.38 bits per heavy atom. The van der Waals surface area contributed by atoms with E-state index in [0.29, 0.717) is 5.92 Å². The van der Waals surface area contributed by atoms with Gasteiger partial charge in [0.2, 0.25) is 0 Å². The van der Waals surface area contributed by atoms with Crippen molar-refractivity contribution in [1.82, 2.24) is 0 Å². The molecule has 3 fully saturated rings. The molecule has 2 bridgehead atoms. The first-order valence-electron chi connectivity index (χ1n) is 8.31. The predicted octanol–water partition coefficient (Wildman–Crippen LogP) is 3.40. The molecule has 5 atom stereocenters. The Bertz CT molecular complexity index is 378. The van der Waals surface area contributed by atoms with Gasteiger partial charge < -0.3 is 14.8 Å². The summed E-state index contributed by atoms with van der Waals surface area (Å²) in [5, 5.41) is 20.9. The monoisotopic (exact) mass is 316 g/mol. The van der Waals surface area contributed by atoms with Gasteiger partial charge in [-0.25, -0.2) is 0 Å². The SMILES string of the molecule is CCC[C@H](C)[C@@H](Cl)B(O)OC12CC(CCC1(C)O)C2(C)C. The van der Waals surface area contributed by atoms with Gasteiger partial charge in [-0.1, -0.05) is 40.5 Å². The van der Waals surface area contributed by atoms with E-state index in [1.165, 1.54) is 0 Å². The van der Waals surface area contributed by atoms with Crippen LogP contribution in [0.2, 0.25) is 0 Å². The van der Waals surface area contributed by atoms with Gasteiger partial charge in [0.05, 0.1) is 16.5 Å². The number of hydrogen-bond donors (Lipinski definition) is 2. The topological polar surface area (TPSA) is 49.7 Å². The van der Waals surface area contributed by atoms with Crippen molar-refractivity contribution in [1.29, 1.82) is 0 Å². The number of alkyl halides is 1. The number of halogens is 1. The summed E-state index contributed by atoms with van der Waals surface area (Å²) in [5.74, 6) is 0.752. The Kier molecular flexibility index (Phi) is 4.78. The largest absolute Gasteiger partial charge is 0.474 e. The molecule has 122 valence electrons. The van der Waals surface area contributed by atoms with Crippen LogP contribution < -0.4 is 0 Å². The van der Waals surface area contributed by atoms with Crippen LogP contribution in [0.25, 0.3) is 0 Å². The van der Waals surface area contributed by atoms with E-state index in [0.717, 1.165) is 32.1 Å². The minimum Gasteiger partial charge on any atom is -0.426 e. The van der Waals surface area contributed by atoms with Gasteiger partial charge in [0, 0.05) is 0 Å². The molecule has 0 spiro atoms. The second-order valence-electron chi connectivity index (χ2n) is 7.98. The summed E-state index contributed by atoms with van der Waals surface area (Å²) in [6.45, 7) is 10.3. The summed E-state index contributed by atoms with van der Waals surface area (Å²) in [6, 6.07) is 0. The molecule has 0 saturated heterocycles. The van der Waals surface area contributed by atoms with Gasteiger partial charge >= 0.3 is 7.12 Å². The third-order valence-corrected chi connectivity index (χ3v) is 6.97. The third kappa shape index (κ3) is 2.56. The molecule has 0 aromatic heterocycles. The van der Waals surface area contributed by atoms with E-state index in [2.05, 4.69) is 20.8 Å². The molecule has 0 aromatic carbocycles. The summed E-state index contributed by atoms with van der Waals surface area (Å²) in [6.07, 6.45) is 4.57. The average Bonchev–Trinajstić information content (AvgIpc) is 2.39. The van der Waals surface area contributed by atoms with Crippen molar-refractivity contribution in [3.63, 3.8) is 0 Å². The molecule has 3 aliphatic rings. The molecule has 3 nitrogen and oxygen atoms in total. The van der Waals surface area contributed by atoms with E-state index in [-0.39, 0.29) is 11.3 Å². The summed E-state index contributed by atoms with van der Waals surface area (Å²) in [4.78, 5) is 0. The highest BCUT2D eigenvalue weighted by Gasteiger charge is 2.72. The van der Waals surface area contributed by atoms with Crippen molar-refractivity contribution in [3.8, 4) is 0 Å². The fourth-order valence-corrected chi connectivity index (χ4v) is 4.77. The molecular formula is C16H30BClO3. The van der Waals surface area contributed by atoms with Gasteiger partial charge in [0.15, 0.2) is 0 Å². The highest BCUT2D eigenvalue weighted by Crippen LogP contribution is 2.67. The standard InChI is InChI=1S/C16H30BClO3/c1-6-7-11(2)13(18)17(20)21-16-10-12(14(16,3)4)8-9-15(16,5)19/h11-13,19-20H,6-10H2,1-5H3/t11-,12?,13+,15?,16?/m0/s1. The van der Waals surface area contributed by atoms with Crippen LogP contribution in [0.4, 0.5) is 0 Å². The van der Waals surface area contributed by atoms with Crippen LogP contribution in [-0.2, 0) is 4.65 Å². The Labute approximate surface area is 134 Å². The fourth-order valence-electron chi connectivity index (χ4n) is 4.59. The highest BCUT2D eigenvalue weighted by atomic mass is 35.5. The van der Waals surface area contributed by atoms with Gasteiger partial charge in [0.1, 0.15) is 0 Å².